The van der Waals surface area contributed by atoms with Crippen LogP contribution in [0.15, 0.2) is 18.3 Å². The molecule has 0 unspecified atom stereocenters. The van der Waals surface area contributed by atoms with Gasteiger partial charge in [0.05, 0.1) is 6.20 Å². The fourth-order valence-corrected chi connectivity index (χ4v) is 3.07. The van der Waals surface area contributed by atoms with Crippen LogP contribution in [0.2, 0.25) is 0 Å². The van der Waals surface area contributed by atoms with E-state index in [-0.39, 0.29) is 0 Å². The predicted octanol–water partition coefficient (Wildman–Crippen LogP) is 3.04. The maximum Gasteiger partial charge on any atom is 0.157 e. The predicted molar refractivity (Wildman–Crippen MR) is 75.3 cm³/mol. The number of fused-ring (bicyclic) bond motifs is 1. The van der Waals surface area contributed by atoms with Crippen LogP contribution < -0.4 is 5.32 Å². The van der Waals surface area contributed by atoms with Gasteiger partial charge in [-0.15, -0.1) is 0 Å². The second kappa shape index (κ2) is 4.51. The smallest absolute Gasteiger partial charge is 0.157 e. The lowest BCUT2D eigenvalue weighted by molar-refractivity contribution is 0.735. The minimum atomic E-state index is 0.614. The van der Waals surface area contributed by atoms with Crippen LogP contribution in [0.25, 0.3) is 5.65 Å². The SMILES string of the molecule is c1cc2nc(CC3CC3)cc(NC3CCCC3)n2n1. The molecule has 2 aromatic heterocycles. The number of hydrogen-bond acceptors (Lipinski definition) is 3. The van der Waals surface area contributed by atoms with Crippen LogP contribution in [0, 0.1) is 5.92 Å². The molecule has 4 rings (SSSR count). The first-order chi connectivity index (χ1) is 9.38. The van der Waals surface area contributed by atoms with Crippen molar-refractivity contribution < 1.29 is 0 Å². The molecule has 2 fully saturated rings. The number of nitrogens with zero attached hydrogens (tertiary/aromatic N) is 3. The van der Waals surface area contributed by atoms with Gasteiger partial charge in [-0.25, -0.2) is 4.98 Å². The van der Waals surface area contributed by atoms with E-state index in [1.807, 2.05) is 16.8 Å². The van der Waals surface area contributed by atoms with Gasteiger partial charge < -0.3 is 5.32 Å². The van der Waals surface area contributed by atoms with E-state index >= 15 is 0 Å². The maximum atomic E-state index is 4.71. The summed E-state index contributed by atoms with van der Waals surface area (Å²) in [6, 6.07) is 4.82. The molecular formula is C15H20N4. The molecule has 0 bridgehead atoms. The van der Waals surface area contributed by atoms with E-state index in [1.54, 1.807) is 0 Å². The van der Waals surface area contributed by atoms with E-state index in [0.29, 0.717) is 6.04 Å². The van der Waals surface area contributed by atoms with Gasteiger partial charge in [0.15, 0.2) is 5.65 Å². The first kappa shape index (κ1) is 11.3. The topological polar surface area (TPSA) is 42.2 Å². The molecule has 0 aliphatic heterocycles. The lowest BCUT2D eigenvalue weighted by atomic mass is 10.2. The number of hydrogen-bond donors (Lipinski definition) is 1. The summed E-state index contributed by atoms with van der Waals surface area (Å²) in [7, 11) is 0. The molecule has 2 saturated carbocycles. The molecule has 1 N–H and O–H groups in total. The third kappa shape index (κ3) is 2.31. The first-order valence-corrected chi connectivity index (χ1v) is 7.49. The quantitative estimate of drug-likeness (QED) is 0.914. The van der Waals surface area contributed by atoms with E-state index in [2.05, 4.69) is 16.5 Å². The Balaban J connectivity index is 1.66. The number of anilines is 1. The van der Waals surface area contributed by atoms with Crippen LogP contribution in [-0.4, -0.2) is 20.6 Å². The minimum Gasteiger partial charge on any atom is -0.367 e. The Bertz CT molecular complexity index is 579. The molecule has 0 atom stereocenters. The molecule has 2 aliphatic rings. The lowest BCUT2D eigenvalue weighted by Crippen LogP contribution is -2.18. The van der Waals surface area contributed by atoms with Crippen molar-refractivity contribution in [2.75, 3.05) is 5.32 Å². The highest BCUT2D eigenvalue weighted by molar-refractivity contribution is 5.49. The second-order valence-electron chi connectivity index (χ2n) is 6.01. The fourth-order valence-electron chi connectivity index (χ4n) is 3.07. The highest BCUT2D eigenvalue weighted by Crippen LogP contribution is 2.33. The van der Waals surface area contributed by atoms with Crippen molar-refractivity contribution in [1.82, 2.24) is 14.6 Å². The molecule has 0 amide bonds. The summed E-state index contributed by atoms with van der Waals surface area (Å²) in [6.45, 7) is 0. The Labute approximate surface area is 113 Å². The Kier molecular flexibility index (Phi) is 2.67. The molecule has 0 radical (unpaired) electrons. The summed E-state index contributed by atoms with van der Waals surface area (Å²) in [6.07, 6.45) is 11.0. The highest BCUT2D eigenvalue weighted by atomic mass is 15.3. The first-order valence-electron chi connectivity index (χ1n) is 7.49. The molecule has 0 aromatic carbocycles. The van der Waals surface area contributed by atoms with Crippen molar-refractivity contribution in [2.45, 2.75) is 51.0 Å². The van der Waals surface area contributed by atoms with Crippen LogP contribution in [-0.2, 0) is 6.42 Å². The van der Waals surface area contributed by atoms with Crippen LogP contribution in [0.1, 0.15) is 44.2 Å². The van der Waals surface area contributed by atoms with E-state index in [0.717, 1.165) is 23.8 Å². The molecule has 0 spiro atoms. The average molecular weight is 256 g/mol. The summed E-state index contributed by atoms with van der Waals surface area (Å²) in [5.41, 5.74) is 2.19. The van der Waals surface area contributed by atoms with Crippen LogP contribution in [0.4, 0.5) is 5.82 Å². The summed E-state index contributed by atoms with van der Waals surface area (Å²) in [5.74, 6) is 2.00. The van der Waals surface area contributed by atoms with Gasteiger partial charge in [0.1, 0.15) is 5.82 Å². The second-order valence-corrected chi connectivity index (χ2v) is 6.01. The Morgan fingerprint density at radius 2 is 2.05 bits per heavy atom. The summed E-state index contributed by atoms with van der Waals surface area (Å²) < 4.78 is 1.94. The van der Waals surface area contributed by atoms with Gasteiger partial charge in [-0.1, -0.05) is 12.8 Å². The zero-order valence-corrected chi connectivity index (χ0v) is 11.2. The van der Waals surface area contributed by atoms with E-state index in [4.69, 9.17) is 4.98 Å². The average Bonchev–Trinajstić information content (AvgIpc) is 2.91. The van der Waals surface area contributed by atoms with Crippen LogP contribution in [0.3, 0.4) is 0 Å². The van der Waals surface area contributed by atoms with Gasteiger partial charge in [0.25, 0.3) is 0 Å². The molecule has 100 valence electrons. The highest BCUT2D eigenvalue weighted by Gasteiger charge is 2.23. The normalized spacial score (nSPS) is 20.2. The number of rotatable bonds is 4. The largest absolute Gasteiger partial charge is 0.367 e. The number of aromatic nitrogens is 3. The summed E-state index contributed by atoms with van der Waals surface area (Å²) in [5, 5.41) is 8.05. The minimum absolute atomic E-state index is 0.614. The Morgan fingerprint density at radius 1 is 1.21 bits per heavy atom. The van der Waals surface area contributed by atoms with Gasteiger partial charge in [-0.2, -0.15) is 9.61 Å². The number of nitrogens with one attached hydrogen (secondary N) is 1. The molecular weight excluding hydrogens is 236 g/mol. The zero-order chi connectivity index (χ0) is 12.7. The molecule has 0 saturated heterocycles. The van der Waals surface area contributed by atoms with E-state index < -0.39 is 0 Å². The fraction of sp³-hybridized carbons (Fsp3) is 0.600. The zero-order valence-electron chi connectivity index (χ0n) is 11.2. The standard InChI is InChI=1S/C15H20N4/c1-2-4-12(3-1)17-15-10-13(9-11-5-6-11)18-14-7-8-16-19(14)15/h7-8,10-12,17H,1-6,9H2. The van der Waals surface area contributed by atoms with Crippen molar-refractivity contribution in [3.63, 3.8) is 0 Å². The molecule has 2 heterocycles. The monoisotopic (exact) mass is 256 g/mol. The Morgan fingerprint density at radius 3 is 2.84 bits per heavy atom. The lowest BCUT2D eigenvalue weighted by Gasteiger charge is -2.15. The van der Waals surface area contributed by atoms with Gasteiger partial charge in [0.2, 0.25) is 0 Å². The van der Waals surface area contributed by atoms with E-state index in [9.17, 15) is 0 Å². The van der Waals surface area contributed by atoms with Gasteiger partial charge >= 0.3 is 0 Å². The molecule has 4 heteroatoms. The summed E-state index contributed by atoms with van der Waals surface area (Å²) >= 11 is 0. The third-order valence-electron chi connectivity index (χ3n) is 4.31. The molecule has 2 aromatic rings. The third-order valence-corrected chi connectivity index (χ3v) is 4.31. The van der Waals surface area contributed by atoms with E-state index in [1.165, 1.54) is 44.2 Å². The van der Waals surface area contributed by atoms with Gasteiger partial charge in [-0.3, -0.25) is 0 Å². The van der Waals surface area contributed by atoms with Crippen molar-refractivity contribution in [2.24, 2.45) is 5.92 Å². The Hall–Kier alpha value is -1.58. The van der Waals surface area contributed by atoms with Gasteiger partial charge in [-0.05, 0) is 38.0 Å². The van der Waals surface area contributed by atoms with Crippen molar-refractivity contribution in [3.8, 4) is 0 Å². The molecule has 2 aliphatic carbocycles. The van der Waals surface area contributed by atoms with Crippen LogP contribution in [0.5, 0.6) is 0 Å². The molecule has 4 nitrogen and oxygen atoms in total. The van der Waals surface area contributed by atoms with Gasteiger partial charge in [0, 0.05) is 23.9 Å². The van der Waals surface area contributed by atoms with Crippen molar-refractivity contribution in [3.05, 3.63) is 24.0 Å². The van der Waals surface area contributed by atoms with Crippen molar-refractivity contribution >= 4 is 11.5 Å². The van der Waals surface area contributed by atoms with Crippen LogP contribution >= 0.6 is 0 Å². The molecule has 19 heavy (non-hydrogen) atoms. The van der Waals surface area contributed by atoms with Crippen molar-refractivity contribution in [1.29, 1.82) is 0 Å². The summed E-state index contributed by atoms with van der Waals surface area (Å²) in [4.78, 5) is 4.71. The maximum absolute atomic E-state index is 4.71.